The summed E-state index contributed by atoms with van der Waals surface area (Å²) in [6.07, 6.45) is 0.0567. The summed E-state index contributed by atoms with van der Waals surface area (Å²) >= 11 is 0. The molecule has 0 fully saturated rings. The van der Waals surface area contributed by atoms with Crippen molar-refractivity contribution in [3.05, 3.63) is 59.9 Å². The molecule has 0 aromatic carbocycles. The molecule has 0 radical (unpaired) electrons. The number of carboxylic acid groups (broad SMARTS) is 2. The van der Waals surface area contributed by atoms with E-state index in [1.807, 2.05) is 51.1 Å². The quantitative estimate of drug-likeness (QED) is 0.227. The molecule has 2 amide bonds. The van der Waals surface area contributed by atoms with E-state index in [0.717, 1.165) is 22.5 Å². The summed E-state index contributed by atoms with van der Waals surface area (Å²) in [5.41, 5.74) is 3.92. The lowest BCUT2D eigenvalue weighted by Gasteiger charge is -2.21. The van der Waals surface area contributed by atoms with Crippen LogP contribution in [0.2, 0.25) is 0 Å². The van der Waals surface area contributed by atoms with Crippen molar-refractivity contribution in [1.29, 1.82) is 0 Å². The third-order valence-electron chi connectivity index (χ3n) is 5.26. The number of nitrogens with one attached hydrogen (secondary N) is 3. The fourth-order valence-electron chi connectivity index (χ4n) is 3.74. The lowest BCUT2D eigenvalue weighted by atomic mass is 10.1. The van der Waals surface area contributed by atoms with Gasteiger partial charge in [-0.25, -0.2) is 24.1 Å². The van der Waals surface area contributed by atoms with E-state index in [0.29, 0.717) is 28.8 Å². The topological polar surface area (TPSA) is 176 Å². The highest BCUT2D eigenvalue weighted by Crippen LogP contribution is 2.32. The maximum absolute atomic E-state index is 11.0. The average Bonchev–Trinajstić information content (AvgIpc) is 3.22. The first-order valence-corrected chi connectivity index (χ1v) is 11.3. The van der Waals surface area contributed by atoms with Crippen molar-refractivity contribution >= 4 is 29.3 Å². The van der Waals surface area contributed by atoms with Gasteiger partial charge in [0.1, 0.15) is 23.5 Å². The molecule has 0 aliphatic heterocycles. The number of hydrogen-bond acceptors (Lipinski definition) is 8. The molecule has 5 N–H and O–H groups in total. The van der Waals surface area contributed by atoms with Crippen molar-refractivity contribution in [3.63, 3.8) is 0 Å². The predicted molar refractivity (Wildman–Crippen MR) is 134 cm³/mol. The summed E-state index contributed by atoms with van der Waals surface area (Å²) in [6.45, 7) is 5.31. The Kier molecular flexibility index (Phi) is 7.32. The molecular weight excluding hydrogens is 480 g/mol. The van der Waals surface area contributed by atoms with E-state index in [1.165, 1.54) is 6.20 Å². The first-order valence-electron chi connectivity index (χ1n) is 11.3. The number of ether oxygens (including phenoxy) is 1. The predicted octanol–water partition coefficient (Wildman–Crippen LogP) is 3.14. The molecule has 0 atom stereocenters. The standard InChI is InChI=1S/C24H26N8O5/c1-13-6-19(20(12-25-13)37-18(10-26-23(33)34)11-27-24(35)36)16-4-5-32-17(8-16)9-22(31-32)30-21-7-14(2)28-15(3)29-21/h4-9,12,18,26-27H,10-11H2,1-3H3,(H,33,34)(H,35,36)(H,28,29,30,31). The van der Waals surface area contributed by atoms with E-state index >= 15 is 0 Å². The summed E-state index contributed by atoms with van der Waals surface area (Å²) in [6, 6.07) is 9.35. The van der Waals surface area contributed by atoms with Crippen molar-refractivity contribution < 1.29 is 24.5 Å². The number of carbonyl (C=O) groups is 2. The highest BCUT2D eigenvalue weighted by molar-refractivity contribution is 5.75. The lowest BCUT2D eigenvalue weighted by molar-refractivity contribution is 0.162. The van der Waals surface area contributed by atoms with Crippen molar-refractivity contribution in [3.8, 4) is 16.9 Å². The van der Waals surface area contributed by atoms with Crippen LogP contribution < -0.4 is 20.7 Å². The van der Waals surface area contributed by atoms with Crippen molar-refractivity contribution in [1.82, 2.24) is 35.2 Å². The monoisotopic (exact) mass is 506 g/mol. The molecule has 4 rings (SSSR count). The minimum Gasteiger partial charge on any atom is -0.484 e. The molecule has 0 unspecified atom stereocenters. The van der Waals surface area contributed by atoms with Crippen LogP contribution in [0.4, 0.5) is 21.2 Å². The van der Waals surface area contributed by atoms with Crippen LogP contribution in [0.15, 0.2) is 42.7 Å². The lowest BCUT2D eigenvalue weighted by Crippen LogP contribution is -2.42. The fraction of sp³-hybridized carbons (Fsp3) is 0.250. The van der Waals surface area contributed by atoms with Gasteiger partial charge in [0, 0.05) is 35.3 Å². The zero-order valence-electron chi connectivity index (χ0n) is 20.4. The number of aryl methyl sites for hydroxylation is 3. The van der Waals surface area contributed by atoms with E-state index in [4.69, 9.17) is 14.9 Å². The Morgan fingerprint density at radius 3 is 2.38 bits per heavy atom. The van der Waals surface area contributed by atoms with Gasteiger partial charge in [-0.2, -0.15) is 5.10 Å². The highest BCUT2D eigenvalue weighted by atomic mass is 16.5. The Morgan fingerprint density at radius 2 is 1.70 bits per heavy atom. The van der Waals surface area contributed by atoms with Gasteiger partial charge in [-0.15, -0.1) is 0 Å². The zero-order valence-corrected chi connectivity index (χ0v) is 20.4. The van der Waals surface area contributed by atoms with Crippen molar-refractivity contribution in [2.75, 3.05) is 18.4 Å². The molecular formula is C24H26N8O5. The number of aromatic nitrogens is 5. The van der Waals surface area contributed by atoms with E-state index in [-0.39, 0.29) is 13.1 Å². The summed E-state index contributed by atoms with van der Waals surface area (Å²) in [7, 11) is 0. The van der Waals surface area contributed by atoms with Gasteiger partial charge in [-0.3, -0.25) is 4.98 Å². The van der Waals surface area contributed by atoms with Crippen LogP contribution in [-0.4, -0.2) is 66.2 Å². The van der Waals surface area contributed by atoms with Crippen LogP contribution in [0.3, 0.4) is 0 Å². The summed E-state index contributed by atoms with van der Waals surface area (Å²) in [4.78, 5) is 34.9. The van der Waals surface area contributed by atoms with Crippen LogP contribution in [0, 0.1) is 20.8 Å². The number of anilines is 2. The average molecular weight is 507 g/mol. The molecule has 4 aromatic heterocycles. The Balaban J connectivity index is 1.62. The van der Waals surface area contributed by atoms with Gasteiger partial charge in [0.2, 0.25) is 0 Å². The normalized spacial score (nSPS) is 10.9. The molecule has 13 nitrogen and oxygen atoms in total. The van der Waals surface area contributed by atoms with Crippen LogP contribution in [0.1, 0.15) is 17.2 Å². The van der Waals surface area contributed by atoms with Crippen LogP contribution in [0.5, 0.6) is 5.75 Å². The second kappa shape index (κ2) is 10.8. The molecule has 0 bridgehead atoms. The van der Waals surface area contributed by atoms with Gasteiger partial charge in [0.15, 0.2) is 5.82 Å². The number of hydrogen-bond donors (Lipinski definition) is 5. The Labute approximate surface area is 211 Å². The third-order valence-corrected chi connectivity index (χ3v) is 5.26. The van der Waals surface area contributed by atoms with E-state index < -0.39 is 18.3 Å². The molecule has 0 saturated heterocycles. The highest BCUT2D eigenvalue weighted by Gasteiger charge is 2.17. The molecule has 192 valence electrons. The summed E-state index contributed by atoms with van der Waals surface area (Å²) in [5.74, 6) is 2.29. The van der Waals surface area contributed by atoms with E-state index in [2.05, 4.69) is 36.0 Å². The number of fused-ring (bicyclic) bond motifs is 1. The van der Waals surface area contributed by atoms with Gasteiger partial charge in [-0.1, -0.05) is 0 Å². The zero-order chi connectivity index (χ0) is 26.5. The molecule has 37 heavy (non-hydrogen) atoms. The number of pyridine rings is 2. The minimum atomic E-state index is -1.24. The molecule has 4 aromatic rings. The van der Waals surface area contributed by atoms with Gasteiger partial charge in [0.25, 0.3) is 0 Å². The van der Waals surface area contributed by atoms with Crippen LogP contribution in [-0.2, 0) is 0 Å². The smallest absolute Gasteiger partial charge is 0.404 e. The molecule has 0 aliphatic rings. The Bertz CT molecular complexity index is 1420. The van der Waals surface area contributed by atoms with Crippen molar-refractivity contribution in [2.24, 2.45) is 0 Å². The van der Waals surface area contributed by atoms with Gasteiger partial charge in [0.05, 0.1) is 24.8 Å². The molecule has 0 saturated carbocycles. The number of amides is 2. The second-order valence-corrected chi connectivity index (χ2v) is 8.32. The molecule has 4 heterocycles. The van der Waals surface area contributed by atoms with Gasteiger partial charge < -0.3 is 30.9 Å². The summed E-state index contributed by atoms with van der Waals surface area (Å²) in [5, 5.41) is 30.1. The maximum Gasteiger partial charge on any atom is 0.404 e. The third kappa shape index (κ3) is 6.60. The van der Waals surface area contributed by atoms with Gasteiger partial charge in [-0.05, 0) is 44.5 Å². The number of rotatable bonds is 9. The first-order chi connectivity index (χ1) is 17.7. The molecule has 0 spiro atoms. The van der Waals surface area contributed by atoms with Gasteiger partial charge >= 0.3 is 12.2 Å². The van der Waals surface area contributed by atoms with E-state index in [1.54, 1.807) is 10.7 Å². The second-order valence-electron chi connectivity index (χ2n) is 8.32. The fourth-order valence-corrected chi connectivity index (χ4v) is 3.74. The molecule has 0 aliphatic carbocycles. The maximum atomic E-state index is 11.0. The van der Waals surface area contributed by atoms with E-state index in [9.17, 15) is 9.59 Å². The molecule has 13 heteroatoms. The van der Waals surface area contributed by atoms with Crippen molar-refractivity contribution in [2.45, 2.75) is 26.9 Å². The SMILES string of the molecule is Cc1cc(-c2ccn3nc(Nc4cc(C)nc(C)n4)cc3c2)c(OC(CNC(=O)O)CNC(=O)O)cn1. The van der Waals surface area contributed by atoms with Crippen LogP contribution >= 0.6 is 0 Å². The van der Waals surface area contributed by atoms with Crippen LogP contribution in [0.25, 0.3) is 16.6 Å². The largest absolute Gasteiger partial charge is 0.484 e. The first kappa shape index (κ1) is 25.2. The summed E-state index contributed by atoms with van der Waals surface area (Å²) < 4.78 is 7.73. The number of nitrogens with zero attached hydrogens (tertiary/aromatic N) is 5. The minimum absolute atomic E-state index is 0.123. The Hall–Kier alpha value is -4.94. The Morgan fingerprint density at radius 1 is 0.973 bits per heavy atom.